The normalized spacial score (nSPS) is 11.9. The molecule has 0 aliphatic heterocycles. The van der Waals surface area contributed by atoms with Gasteiger partial charge in [-0.1, -0.05) is 53.0 Å². The van der Waals surface area contributed by atoms with Crippen LogP contribution < -0.4 is 25.4 Å². The highest BCUT2D eigenvalue weighted by Crippen LogP contribution is 2.30. The molecule has 2 aromatic carbocycles. The molecule has 0 aromatic heterocycles. The largest absolute Gasteiger partial charge is 0.493 e. The third-order valence-electron chi connectivity index (χ3n) is 3.56. The van der Waals surface area contributed by atoms with Crippen molar-refractivity contribution in [1.29, 1.82) is 0 Å². The van der Waals surface area contributed by atoms with Crippen molar-refractivity contribution >= 4 is 63.7 Å². The van der Waals surface area contributed by atoms with Crippen LogP contribution >= 0.6 is 47.0 Å². The van der Waals surface area contributed by atoms with Crippen molar-refractivity contribution < 1.29 is 14.3 Å². The maximum Gasteiger partial charge on any atom is 0.253 e. The lowest BCUT2D eigenvalue weighted by Crippen LogP contribution is -2.56. The van der Waals surface area contributed by atoms with Gasteiger partial charge in [-0.25, -0.2) is 0 Å². The lowest BCUT2D eigenvalue weighted by molar-refractivity contribution is 0.0934. The Kier molecular flexibility index (Phi) is 8.00. The first-order valence-corrected chi connectivity index (χ1v) is 9.51. The summed E-state index contributed by atoms with van der Waals surface area (Å²) in [5.41, 5.74) is 1.04. The molecule has 0 saturated carbocycles. The van der Waals surface area contributed by atoms with E-state index >= 15 is 0 Å². The summed E-state index contributed by atoms with van der Waals surface area (Å²) >= 11 is 23.3. The summed E-state index contributed by atoms with van der Waals surface area (Å²) in [6.45, 7) is 0. The fraction of sp³-hybridized carbons (Fsp3) is 0.222. The van der Waals surface area contributed by atoms with Crippen molar-refractivity contribution in [2.24, 2.45) is 0 Å². The topological polar surface area (TPSA) is 71.6 Å². The number of ether oxygens (including phenoxy) is 2. The first kappa shape index (κ1) is 22.4. The average molecular weight is 463 g/mol. The number of carbonyl (C=O) groups is 1. The molecule has 1 amide bonds. The molecule has 28 heavy (non-hydrogen) atoms. The average Bonchev–Trinajstić information content (AvgIpc) is 2.66. The van der Waals surface area contributed by atoms with Crippen molar-refractivity contribution in [3.05, 3.63) is 54.1 Å². The monoisotopic (exact) mass is 461 g/mol. The summed E-state index contributed by atoms with van der Waals surface area (Å²) < 4.78 is 8.49. The Hall–Kier alpha value is -1.93. The number of halogens is 3. The molecule has 2 aromatic rings. The van der Waals surface area contributed by atoms with E-state index in [2.05, 4.69) is 16.0 Å². The quantitative estimate of drug-likeness (QED) is 0.341. The summed E-state index contributed by atoms with van der Waals surface area (Å²) in [4.78, 5) is 12.6. The van der Waals surface area contributed by atoms with E-state index in [0.717, 1.165) is 5.69 Å². The van der Waals surface area contributed by atoms with Gasteiger partial charge in [-0.05, 0) is 42.5 Å². The summed E-state index contributed by atoms with van der Waals surface area (Å²) in [7, 11) is 2.97. The standard InChI is InChI=1S/C18H18Cl3N3O3S/c1-26-13-9-8-11(10-14(13)27-2)15(25)23-16(18(19,20)21)24-17(28)22-12-6-4-3-5-7-12/h3-10,16H,1-2H3,(H,23,25)(H2,22,24,28)/t16-/m0/s1. The number of nitrogens with one attached hydrogen (secondary N) is 3. The molecule has 0 saturated heterocycles. The third-order valence-corrected chi connectivity index (χ3v) is 4.43. The van der Waals surface area contributed by atoms with Crippen molar-refractivity contribution in [3.8, 4) is 11.5 Å². The zero-order valence-corrected chi connectivity index (χ0v) is 18.0. The van der Waals surface area contributed by atoms with E-state index in [9.17, 15) is 4.79 Å². The van der Waals surface area contributed by atoms with Gasteiger partial charge >= 0.3 is 0 Å². The smallest absolute Gasteiger partial charge is 0.253 e. The van der Waals surface area contributed by atoms with E-state index < -0.39 is 15.9 Å². The second-order valence-electron chi connectivity index (χ2n) is 5.48. The molecule has 3 N–H and O–H groups in total. The maximum absolute atomic E-state index is 12.6. The molecule has 150 valence electrons. The third kappa shape index (κ3) is 6.31. The van der Waals surface area contributed by atoms with Crippen LogP contribution in [0.3, 0.4) is 0 Å². The molecule has 1 atom stereocenters. The number of methoxy groups -OCH3 is 2. The lowest BCUT2D eigenvalue weighted by Gasteiger charge is -2.28. The number of para-hydroxylation sites is 1. The van der Waals surface area contributed by atoms with Gasteiger partial charge in [0.15, 0.2) is 16.6 Å². The zero-order chi connectivity index (χ0) is 20.7. The van der Waals surface area contributed by atoms with Gasteiger partial charge in [0.1, 0.15) is 6.17 Å². The number of benzene rings is 2. The second kappa shape index (κ2) is 10.0. The highest BCUT2D eigenvalue weighted by Gasteiger charge is 2.35. The molecule has 2 rings (SSSR count). The maximum atomic E-state index is 12.6. The van der Waals surface area contributed by atoms with E-state index in [0.29, 0.717) is 17.1 Å². The minimum absolute atomic E-state index is 0.176. The molecule has 0 aliphatic carbocycles. The SMILES string of the molecule is COc1ccc(C(=O)N[C@@H](NC(=S)Nc2ccccc2)C(Cl)(Cl)Cl)cc1OC. The molecule has 0 aliphatic rings. The molecule has 0 fully saturated rings. The van der Waals surface area contributed by atoms with E-state index in [1.54, 1.807) is 12.1 Å². The molecular formula is C18H18Cl3N3O3S. The van der Waals surface area contributed by atoms with E-state index in [1.165, 1.54) is 20.3 Å². The van der Waals surface area contributed by atoms with Crippen LogP contribution in [0.5, 0.6) is 11.5 Å². The lowest BCUT2D eigenvalue weighted by atomic mass is 10.2. The zero-order valence-electron chi connectivity index (χ0n) is 15.0. The molecule has 0 bridgehead atoms. The van der Waals surface area contributed by atoms with Crippen LogP contribution in [0.2, 0.25) is 0 Å². The summed E-state index contributed by atoms with van der Waals surface area (Å²) in [6.07, 6.45) is -1.10. The van der Waals surface area contributed by atoms with Crippen molar-refractivity contribution in [2.45, 2.75) is 9.96 Å². The first-order chi connectivity index (χ1) is 13.2. The molecule has 0 heterocycles. The number of rotatable bonds is 6. The Labute approximate surface area is 183 Å². The van der Waals surface area contributed by atoms with Crippen LogP contribution in [0.1, 0.15) is 10.4 Å². The van der Waals surface area contributed by atoms with Gasteiger partial charge in [-0.3, -0.25) is 4.79 Å². The molecule has 0 spiro atoms. The molecule has 0 radical (unpaired) electrons. The van der Waals surface area contributed by atoms with Gasteiger partial charge in [0.05, 0.1) is 14.2 Å². The van der Waals surface area contributed by atoms with Gasteiger partial charge in [-0.15, -0.1) is 0 Å². The number of amides is 1. The number of thiocarbonyl (C=S) groups is 1. The number of carbonyl (C=O) groups excluding carboxylic acids is 1. The van der Waals surface area contributed by atoms with E-state index in [4.69, 9.17) is 56.5 Å². The van der Waals surface area contributed by atoms with Gasteiger partial charge in [-0.2, -0.15) is 0 Å². The Bertz CT molecular complexity index is 832. The molecule has 6 nitrogen and oxygen atoms in total. The van der Waals surface area contributed by atoms with Gasteiger partial charge in [0.25, 0.3) is 5.91 Å². The van der Waals surface area contributed by atoms with Crippen molar-refractivity contribution in [2.75, 3.05) is 19.5 Å². The van der Waals surface area contributed by atoms with Crippen LogP contribution in [0.15, 0.2) is 48.5 Å². The molecule has 10 heteroatoms. The minimum Gasteiger partial charge on any atom is -0.493 e. The minimum atomic E-state index is -1.87. The van der Waals surface area contributed by atoms with Crippen LogP contribution in [-0.2, 0) is 0 Å². The van der Waals surface area contributed by atoms with Crippen LogP contribution in [0.25, 0.3) is 0 Å². The van der Waals surface area contributed by atoms with E-state index in [1.807, 2.05) is 30.3 Å². The summed E-state index contributed by atoms with van der Waals surface area (Å²) in [6, 6.07) is 13.9. The number of hydrogen-bond donors (Lipinski definition) is 3. The van der Waals surface area contributed by atoms with Gasteiger partial charge in [0, 0.05) is 11.3 Å². The fourth-order valence-electron chi connectivity index (χ4n) is 2.21. The van der Waals surface area contributed by atoms with Crippen molar-refractivity contribution in [3.63, 3.8) is 0 Å². The fourth-order valence-corrected chi connectivity index (χ4v) is 2.77. The second-order valence-corrected chi connectivity index (χ2v) is 8.26. The van der Waals surface area contributed by atoms with Gasteiger partial charge < -0.3 is 25.4 Å². The Balaban J connectivity index is 2.11. The van der Waals surface area contributed by atoms with Crippen LogP contribution in [-0.4, -0.2) is 35.2 Å². The first-order valence-electron chi connectivity index (χ1n) is 7.96. The number of anilines is 1. The van der Waals surface area contributed by atoms with E-state index in [-0.39, 0.29) is 5.11 Å². The number of alkyl halides is 3. The summed E-state index contributed by atoms with van der Waals surface area (Å²) in [5, 5.41) is 8.53. The Morgan fingerprint density at radius 2 is 1.64 bits per heavy atom. The number of hydrogen-bond acceptors (Lipinski definition) is 4. The predicted octanol–water partition coefficient (Wildman–Crippen LogP) is 4.12. The van der Waals surface area contributed by atoms with Gasteiger partial charge in [0.2, 0.25) is 3.79 Å². The Morgan fingerprint density at radius 3 is 2.21 bits per heavy atom. The predicted molar refractivity (Wildman–Crippen MR) is 117 cm³/mol. The van der Waals surface area contributed by atoms with Crippen LogP contribution in [0, 0.1) is 0 Å². The highest BCUT2D eigenvalue weighted by molar-refractivity contribution is 7.80. The van der Waals surface area contributed by atoms with Crippen LogP contribution in [0.4, 0.5) is 5.69 Å². The highest BCUT2D eigenvalue weighted by atomic mass is 35.6. The molecule has 0 unspecified atom stereocenters. The molecular weight excluding hydrogens is 445 g/mol. The Morgan fingerprint density at radius 1 is 1.00 bits per heavy atom. The summed E-state index contributed by atoms with van der Waals surface area (Å²) in [5.74, 6) is 0.394. The van der Waals surface area contributed by atoms with Crippen molar-refractivity contribution in [1.82, 2.24) is 10.6 Å².